The van der Waals surface area contributed by atoms with E-state index in [1.807, 2.05) is 12.5 Å². The molecule has 0 aromatic carbocycles. The average molecular weight is 205 g/mol. The van der Waals surface area contributed by atoms with Crippen molar-refractivity contribution in [2.75, 3.05) is 6.54 Å². The Labute approximate surface area is 90.8 Å². The minimum atomic E-state index is 0.587. The van der Waals surface area contributed by atoms with E-state index in [1.54, 1.807) is 0 Å². The lowest BCUT2D eigenvalue weighted by atomic mass is 9.68. The molecule has 2 N–H and O–H groups in total. The lowest BCUT2D eigenvalue weighted by Crippen LogP contribution is -2.30. The van der Waals surface area contributed by atoms with Crippen LogP contribution in [0.1, 0.15) is 43.2 Å². The van der Waals surface area contributed by atoms with Gasteiger partial charge in [-0.25, -0.2) is 0 Å². The van der Waals surface area contributed by atoms with E-state index < -0.39 is 0 Å². The van der Waals surface area contributed by atoms with Gasteiger partial charge in [-0.2, -0.15) is 0 Å². The molecule has 2 heteroatoms. The monoisotopic (exact) mass is 205 g/mol. The second-order valence-corrected chi connectivity index (χ2v) is 5.41. The maximum absolute atomic E-state index is 5.85. The highest BCUT2D eigenvalue weighted by atomic mass is 16.3. The Kier molecular flexibility index (Phi) is 1.96. The summed E-state index contributed by atoms with van der Waals surface area (Å²) in [5, 5.41) is 0. The first-order valence-electron chi connectivity index (χ1n) is 6.02. The van der Waals surface area contributed by atoms with E-state index in [-0.39, 0.29) is 0 Å². The zero-order chi connectivity index (χ0) is 10.5. The summed E-state index contributed by atoms with van der Waals surface area (Å²) < 4.78 is 5.37. The molecule has 0 aliphatic heterocycles. The average Bonchev–Trinajstić information content (AvgIpc) is 2.85. The van der Waals surface area contributed by atoms with Crippen molar-refractivity contribution < 1.29 is 4.42 Å². The first-order chi connectivity index (χ1) is 7.27. The maximum atomic E-state index is 5.85. The van der Waals surface area contributed by atoms with Gasteiger partial charge >= 0.3 is 0 Å². The van der Waals surface area contributed by atoms with Gasteiger partial charge in [0.2, 0.25) is 0 Å². The third-order valence-electron chi connectivity index (χ3n) is 4.50. The highest BCUT2D eigenvalue weighted by Gasteiger charge is 2.53. The standard InChI is InChI=1S/C13H19NO/c1-9(6-14)12-11-8-15-7-10(11)2-3-13(12)4-5-13/h7-9,12H,2-6,14H2,1H3. The van der Waals surface area contributed by atoms with Crippen molar-refractivity contribution in [3.63, 3.8) is 0 Å². The Morgan fingerprint density at radius 2 is 2.27 bits per heavy atom. The minimum Gasteiger partial charge on any atom is -0.472 e. The van der Waals surface area contributed by atoms with Gasteiger partial charge in [-0.3, -0.25) is 0 Å². The van der Waals surface area contributed by atoms with Gasteiger partial charge in [0.15, 0.2) is 0 Å². The van der Waals surface area contributed by atoms with Crippen molar-refractivity contribution in [1.29, 1.82) is 0 Å². The van der Waals surface area contributed by atoms with Gasteiger partial charge in [0, 0.05) is 0 Å². The smallest absolute Gasteiger partial charge is 0.0940 e. The van der Waals surface area contributed by atoms with Crippen molar-refractivity contribution >= 4 is 0 Å². The van der Waals surface area contributed by atoms with Crippen LogP contribution in [0.2, 0.25) is 0 Å². The Morgan fingerprint density at radius 3 is 2.93 bits per heavy atom. The van der Waals surface area contributed by atoms with Crippen molar-refractivity contribution in [2.24, 2.45) is 17.1 Å². The van der Waals surface area contributed by atoms with Crippen LogP contribution in [-0.2, 0) is 6.42 Å². The molecule has 1 saturated carbocycles. The normalized spacial score (nSPS) is 28.8. The summed E-state index contributed by atoms with van der Waals surface area (Å²) in [5.41, 5.74) is 9.32. The second-order valence-electron chi connectivity index (χ2n) is 5.41. The van der Waals surface area contributed by atoms with E-state index in [0.29, 0.717) is 17.3 Å². The predicted octanol–water partition coefficient (Wildman–Crippen LogP) is 2.68. The Balaban J connectivity index is 2.01. The number of nitrogens with two attached hydrogens (primary N) is 1. The van der Waals surface area contributed by atoms with Crippen LogP contribution >= 0.6 is 0 Å². The summed E-state index contributed by atoms with van der Waals surface area (Å²) in [6, 6.07) is 0. The zero-order valence-electron chi connectivity index (χ0n) is 9.33. The SMILES string of the molecule is CC(CN)C1c2cocc2CCC12CC2. The van der Waals surface area contributed by atoms with E-state index in [4.69, 9.17) is 10.2 Å². The van der Waals surface area contributed by atoms with Crippen LogP contribution in [0, 0.1) is 11.3 Å². The quantitative estimate of drug-likeness (QED) is 0.806. The van der Waals surface area contributed by atoms with Gasteiger partial charge < -0.3 is 10.2 Å². The molecule has 2 nitrogen and oxygen atoms in total. The third-order valence-corrected chi connectivity index (χ3v) is 4.50. The van der Waals surface area contributed by atoms with E-state index in [0.717, 1.165) is 6.54 Å². The van der Waals surface area contributed by atoms with Crippen LogP contribution in [-0.4, -0.2) is 6.54 Å². The van der Waals surface area contributed by atoms with Crippen LogP contribution in [0.25, 0.3) is 0 Å². The molecule has 1 spiro atoms. The predicted molar refractivity (Wildman–Crippen MR) is 59.7 cm³/mol. The molecule has 0 saturated heterocycles. The summed E-state index contributed by atoms with van der Waals surface area (Å²) in [4.78, 5) is 0. The van der Waals surface area contributed by atoms with Crippen LogP contribution < -0.4 is 5.73 Å². The number of hydrogen-bond acceptors (Lipinski definition) is 2. The number of fused-ring (bicyclic) bond motifs is 1. The lowest BCUT2D eigenvalue weighted by Gasteiger charge is -2.35. The van der Waals surface area contributed by atoms with E-state index >= 15 is 0 Å². The molecule has 0 bridgehead atoms. The van der Waals surface area contributed by atoms with E-state index in [9.17, 15) is 0 Å². The summed E-state index contributed by atoms with van der Waals surface area (Å²) in [6.07, 6.45) is 9.24. The highest BCUT2D eigenvalue weighted by Crippen LogP contribution is 2.64. The van der Waals surface area contributed by atoms with Gasteiger partial charge in [-0.15, -0.1) is 0 Å². The van der Waals surface area contributed by atoms with Crippen molar-refractivity contribution in [3.8, 4) is 0 Å². The number of rotatable bonds is 2. The zero-order valence-corrected chi connectivity index (χ0v) is 9.33. The summed E-state index contributed by atoms with van der Waals surface area (Å²) in [5.74, 6) is 1.24. The van der Waals surface area contributed by atoms with Crippen molar-refractivity contribution in [2.45, 2.75) is 38.5 Å². The lowest BCUT2D eigenvalue weighted by molar-refractivity contribution is 0.273. The molecule has 1 fully saturated rings. The van der Waals surface area contributed by atoms with E-state index in [2.05, 4.69) is 6.92 Å². The van der Waals surface area contributed by atoms with Gasteiger partial charge in [0.25, 0.3) is 0 Å². The Bertz CT molecular complexity index is 364. The largest absolute Gasteiger partial charge is 0.472 e. The fourth-order valence-electron chi connectivity index (χ4n) is 3.45. The molecule has 3 rings (SSSR count). The minimum absolute atomic E-state index is 0.587. The molecule has 0 amide bonds. The molecule has 2 unspecified atom stereocenters. The highest BCUT2D eigenvalue weighted by molar-refractivity contribution is 5.34. The van der Waals surface area contributed by atoms with Crippen molar-refractivity contribution in [1.82, 2.24) is 0 Å². The first-order valence-corrected chi connectivity index (χ1v) is 6.02. The Morgan fingerprint density at radius 1 is 1.47 bits per heavy atom. The topological polar surface area (TPSA) is 39.2 Å². The first kappa shape index (κ1) is 9.46. The second kappa shape index (κ2) is 3.11. The summed E-state index contributed by atoms with van der Waals surface area (Å²) >= 11 is 0. The molecular formula is C13H19NO. The van der Waals surface area contributed by atoms with Gasteiger partial charge in [-0.05, 0) is 60.6 Å². The molecule has 1 aromatic heterocycles. The maximum Gasteiger partial charge on any atom is 0.0940 e. The van der Waals surface area contributed by atoms with Gasteiger partial charge in [0.1, 0.15) is 0 Å². The molecule has 1 aromatic rings. The third kappa shape index (κ3) is 1.27. The van der Waals surface area contributed by atoms with Crippen LogP contribution in [0.15, 0.2) is 16.9 Å². The van der Waals surface area contributed by atoms with Gasteiger partial charge in [0.05, 0.1) is 12.5 Å². The van der Waals surface area contributed by atoms with Crippen LogP contribution in [0.4, 0.5) is 0 Å². The van der Waals surface area contributed by atoms with Crippen LogP contribution in [0.5, 0.6) is 0 Å². The summed E-state index contributed by atoms with van der Waals surface area (Å²) in [6.45, 7) is 3.07. The number of aryl methyl sites for hydroxylation is 1. The molecular weight excluding hydrogens is 186 g/mol. The molecule has 2 atom stereocenters. The van der Waals surface area contributed by atoms with E-state index in [1.165, 1.54) is 36.8 Å². The fourth-order valence-corrected chi connectivity index (χ4v) is 3.45. The van der Waals surface area contributed by atoms with Crippen molar-refractivity contribution in [3.05, 3.63) is 23.7 Å². The molecule has 82 valence electrons. The number of furan rings is 1. The fraction of sp³-hybridized carbons (Fsp3) is 0.692. The Hall–Kier alpha value is -0.760. The molecule has 2 aliphatic rings. The summed E-state index contributed by atoms with van der Waals surface area (Å²) in [7, 11) is 0. The molecule has 15 heavy (non-hydrogen) atoms. The molecule has 0 radical (unpaired) electrons. The van der Waals surface area contributed by atoms with Crippen LogP contribution in [0.3, 0.4) is 0 Å². The molecule has 2 aliphatic carbocycles. The molecule has 1 heterocycles. The number of hydrogen-bond donors (Lipinski definition) is 1. The van der Waals surface area contributed by atoms with Gasteiger partial charge in [-0.1, -0.05) is 6.92 Å².